The number of rotatable bonds is 9. The van der Waals surface area contributed by atoms with Crippen LogP contribution in [0.4, 0.5) is 5.69 Å². The Morgan fingerprint density at radius 1 is 0.978 bits per heavy atom. The molecule has 4 aromatic carbocycles. The third-order valence-corrected chi connectivity index (χ3v) is 7.86. The van der Waals surface area contributed by atoms with Gasteiger partial charge in [-0.3, -0.25) is 9.59 Å². The summed E-state index contributed by atoms with van der Waals surface area (Å²) < 4.78 is 24.9. The molecule has 0 atom stereocenters. The van der Waals surface area contributed by atoms with E-state index < -0.39 is 0 Å². The minimum atomic E-state index is -0.361. The molecule has 1 amide bonds. The number of amides is 1. The fourth-order valence-electron chi connectivity index (χ4n) is 4.83. The molecular formula is C34H27IN4O6. The first-order valence-corrected chi connectivity index (χ1v) is 14.9. The van der Waals surface area contributed by atoms with Crippen LogP contribution in [0.5, 0.6) is 17.2 Å². The Hall–Kier alpha value is -5.17. The molecule has 45 heavy (non-hydrogen) atoms. The van der Waals surface area contributed by atoms with Gasteiger partial charge in [-0.05, 0) is 89.2 Å². The van der Waals surface area contributed by atoms with E-state index in [2.05, 4.69) is 33.0 Å². The molecule has 0 fully saturated rings. The first-order chi connectivity index (χ1) is 21.9. The zero-order chi connectivity index (χ0) is 31.5. The van der Waals surface area contributed by atoms with E-state index in [1.807, 2.05) is 61.5 Å². The Bertz CT molecular complexity index is 2150. The van der Waals surface area contributed by atoms with Crippen molar-refractivity contribution in [2.45, 2.75) is 6.92 Å². The molecule has 6 aromatic rings. The lowest BCUT2D eigenvalue weighted by atomic mass is 10.2. The molecule has 2 aromatic heterocycles. The molecule has 0 aliphatic heterocycles. The van der Waals surface area contributed by atoms with Crippen LogP contribution in [0.1, 0.15) is 11.1 Å². The number of hydrogen-bond acceptors (Lipinski definition) is 8. The van der Waals surface area contributed by atoms with Gasteiger partial charge >= 0.3 is 0 Å². The summed E-state index contributed by atoms with van der Waals surface area (Å²) in [6, 6.07) is 25.4. The Kier molecular flexibility index (Phi) is 8.52. The highest BCUT2D eigenvalue weighted by atomic mass is 127. The molecule has 6 rings (SSSR count). The average Bonchev–Trinajstić information content (AvgIpc) is 3.49. The highest BCUT2D eigenvalue weighted by molar-refractivity contribution is 14.1. The summed E-state index contributed by atoms with van der Waals surface area (Å²) in [4.78, 5) is 31.0. The fraction of sp³-hybridized carbons (Fsp3) is 0.118. The summed E-state index contributed by atoms with van der Waals surface area (Å²) in [7, 11) is 3.10. The van der Waals surface area contributed by atoms with Crippen molar-refractivity contribution in [3.63, 3.8) is 0 Å². The third kappa shape index (κ3) is 6.11. The number of nitrogens with zero attached hydrogens (tertiary/aromatic N) is 3. The zero-order valence-electron chi connectivity index (χ0n) is 24.5. The summed E-state index contributed by atoms with van der Waals surface area (Å²) in [6.07, 6.45) is 1.53. The van der Waals surface area contributed by atoms with Gasteiger partial charge in [0.05, 0.1) is 40.3 Å². The fourth-order valence-corrected chi connectivity index (χ4v) is 5.61. The summed E-state index contributed by atoms with van der Waals surface area (Å²) in [5.74, 6) is 1.74. The van der Waals surface area contributed by atoms with Crippen LogP contribution in [-0.2, 0) is 4.79 Å². The zero-order valence-corrected chi connectivity index (χ0v) is 26.7. The lowest BCUT2D eigenvalue weighted by Gasteiger charge is -2.14. The number of anilines is 1. The molecule has 10 nitrogen and oxygen atoms in total. The van der Waals surface area contributed by atoms with Crippen molar-refractivity contribution in [2.24, 2.45) is 5.10 Å². The number of furan rings is 1. The number of aromatic nitrogens is 2. The number of ether oxygens (including phenoxy) is 3. The minimum Gasteiger partial charge on any atom is -0.496 e. The highest BCUT2D eigenvalue weighted by Gasteiger charge is 2.19. The van der Waals surface area contributed by atoms with Gasteiger partial charge in [-0.2, -0.15) is 9.78 Å². The summed E-state index contributed by atoms with van der Waals surface area (Å²) in [6.45, 7) is 1.71. The number of carbonyl (C=O) groups is 1. The number of hydrogen-bond donors (Lipinski definition) is 1. The van der Waals surface area contributed by atoms with E-state index in [9.17, 15) is 9.59 Å². The normalized spacial score (nSPS) is 11.3. The van der Waals surface area contributed by atoms with E-state index in [0.29, 0.717) is 48.6 Å². The standard InChI is InChI=1S/C34H27IN4O6/c1-20-9-4-6-11-25(20)37-31(40)19-44-32-24(35)15-21(16-29(32)43-3)18-36-39-33(38-26-12-7-5-10-22(26)34(39)41)30-17-23-27(42-2)13-8-14-28(23)45-30/h4-18H,19H2,1-3H3,(H,37,40). The van der Waals surface area contributed by atoms with Crippen LogP contribution in [0.25, 0.3) is 33.5 Å². The van der Waals surface area contributed by atoms with Gasteiger partial charge < -0.3 is 23.9 Å². The molecule has 11 heteroatoms. The Morgan fingerprint density at radius 3 is 2.56 bits per heavy atom. The lowest BCUT2D eigenvalue weighted by molar-refractivity contribution is -0.118. The number of benzene rings is 4. The van der Waals surface area contributed by atoms with Gasteiger partial charge in [-0.15, -0.1) is 0 Å². The molecule has 0 saturated heterocycles. The smallest absolute Gasteiger partial charge is 0.282 e. The van der Waals surface area contributed by atoms with Crippen LogP contribution in [0.15, 0.2) is 99.2 Å². The van der Waals surface area contributed by atoms with E-state index in [-0.39, 0.29) is 23.9 Å². The topological polar surface area (TPSA) is 117 Å². The van der Waals surface area contributed by atoms with Crippen molar-refractivity contribution in [2.75, 3.05) is 26.1 Å². The van der Waals surface area contributed by atoms with Crippen LogP contribution >= 0.6 is 22.6 Å². The largest absolute Gasteiger partial charge is 0.496 e. The molecule has 1 N–H and O–H groups in total. The molecule has 226 valence electrons. The van der Waals surface area contributed by atoms with Crippen molar-refractivity contribution in [1.82, 2.24) is 9.66 Å². The van der Waals surface area contributed by atoms with Gasteiger partial charge in [0.1, 0.15) is 11.3 Å². The number of methoxy groups -OCH3 is 2. The Labute approximate surface area is 271 Å². The maximum absolute atomic E-state index is 13.7. The van der Waals surface area contributed by atoms with Crippen molar-refractivity contribution in [3.05, 3.63) is 110 Å². The van der Waals surface area contributed by atoms with Gasteiger partial charge in [-0.1, -0.05) is 36.4 Å². The minimum absolute atomic E-state index is 0.210. The monoisotopic (exact) mass is 714 g/mol. The quantitative estimate of drug-likeness (QED) is 0.132. The van der Waals surface area contributed by atoms with E-state index >= 15 is 0 Å². The van der Waals surface area contributed by atoms with Crippen molar-refractivity contribution >= 4 is 62.3 Å². The summed E-state index contributed by atoms with van der Waals surface area (Å²) in [5.41, 5.74) is 3.04. The number of aryl methyl sites for hydroxylation is 1. The van der Waals surface area contributed by atoms with Crippen LogP contribution in [-0.4, -0.2) is 42.6 Å². The van der Waals surface area contributed by atoms with Gasteiger partial charge in [0, 0.05) is 5.69 Å². The van der Waals surface area contributed by atoms with Crippen LogP contribution in [0.3, 0.4) is 0 Å². The number of nitrogens with one attached hydrogen (secondary N) is 1. The van der Waals surface area contributed by atoms with Crippen molar-refractivity contribution in [3.8, 4) is 28.8 Å². The summed E-state index contributed by atoms with van der Waals surface area (Å²) in [5, 5.41) is 8.56. The molecule has 0 unspecified atom stereocenters. The van der Waals surface area contributed by atoms with Crippen LogP contribution < -0.4 is 25.1 Å². The first kappa shape index (κ1) is 29.9. The maximum Gasteiger partial charge on any atom is 0.282 e. The molecule has 0 aliphatic rings. The molecule has 0 spiro atoms. The van der Waals surface area contributed by atoms with E-state index in [0.717, 1.165) is 16.6 Å². The lowest BCUT2D eigenvalue weighted by Crippen LogP contribution is -2.21. The van der Waals surface area contributed by atoms with Gasteiger partial charge in [-0.25, -0.2) is 4.98 Å². The van der Waals surface area contributed by atoms with E-state index in [1.165, 1.54) is 18.0 Å². The van der Waals surface area contributed by atoms with Gasteiger partial charge in [0.25, 0.3) is 11.5 Å². The molecule has 0 bridgehead atoms. The highest BCUT2D eigenvalue weighted by Crippen LogP contribution is 2.35. The Morgan fingerprint density at radius 2 is 1.76 bits per heavy atom. The van der Waals surface area contributed by atoms with Gasteiger partial charge in [0.2, 0.25) is 5.82 Å². The number of halogens is 1. The molecular weight excluding hydrogens is 687 g/mol. The molecule has 0 saturated carbocycles. The average molecular weight is 715 g/mol. The van der Waals surface area contributed by atoms with Crippen molar-refractivity contribution < 1.29 is 23.4 Å². The predicted molar refractivity (Wildman–Crippen MR) is 182 cm³/mol. The van der Waals surface area contributed by atoms with Crippen molar-refractivity contribution in [1.29, 1.82) is 0 Å². The third-order valence-electron chi connectivity index (χ3n) is 7.06. The second-order valence-corrected chi connectivity index (χ2v) is 11.1. The maximum atomic E-state index is 13.7. The number of para-hydroxylation sites is 2. The van der Waals surface area contributed by atoms with Crippen LogP contribution in [0.2, 0.25) is 0 Å². The van der Waals surface area contributed by atoms with E-state index in [4.69, 9.17) is 23.6 Å². The van der Waals surface area contributed by atoms with Crippen LogP contribution in [0, 0.1) is 10.5 Å². The molecule has 2 heterocycles. The second kappa shape index (κ2) is 12.8. The SMILES string of the molecule is COc1cc(C=Nn2c(-c3cc4c(OC)cccc4o3)nc3ccccc3c2=O)cc(I)c1OCC(=O)Nc1ccccc1C. The van der Waals surface area contributed by atoms with Gasteiger partial charge in [0.15, 0.2) is 23.9 Å². The second-order valence-electron chi connectivity index (χ2n) is 9.98. The molecule has 0 aliphatic carbocycles. The van der Waals surface area contributed by atoms with E-state index in [1.54, 1.807) is 37.4 Å². The number of fused-ring (bicyclic) bond motifs is 2. The summed E-state index contributed by atoms with van der Waals surface area (Å²) >= 11 is 2.11. The molecule has 0 radical (unpaired) electrons. The first-order valence-electron chi connectivity index (χ1n) is 13.8. The Balaban J connectivity index is 1.33. The number of carbonyl (C=O) groups excluding carboxylic acids is 1. The predicted octanol–water partition coefficient (Wildman–Crippen LogP) is 6.64.